The lowest BCUT2D eigenvalue weighted by Crippen LogP contribution is -2.33. The predicted molar refractivity (Wildman–Crippen MR) is 58.9 cm³/mol. The minimum Gasteiger partial charge on any atom is -0.328 e. The molecule has 0 atom stereocenters. The standard InChI is InChI=1S/C11H24N2/c1-8(10(2,3)4)9(13-12)11(5,6)7/h13H,12H2,1-7H3/b9-8+. The van der Waals surface area contributed by atoms with Gasteiger partial charge in [-0.15, -0.1) is 0 Å². The Balaban J connectivity index is 5.16. The van der Waals surface area contributed by atoms with Crippen molar-refractivity contribution in [1.29, 1.82) is 0 Å². The lowest BCUT2D eigenvalue weighted by atomic mass is 9.79. The molecule has 3 N–H and O–H groups in total. The maximum absolute atomic E-state index is 5.55. The van der Waals surface area contributed by atoms with Crippen molar-refractivity contribution < 1.29 is 0 Å². The van der Waals surface area contributed by atoms with Gasteiger partial charge in [0.05, 0.1) is 0 Å². The molecule has 0 aliphatic heterocycles. The smallest absolute Gasteiger partial charge is 0.0307 e. The van der Waals surface area contributed by atoms with E-state index in [-0.39, 0.29) is 10.8 Å². The van der Waals surface area contributed by atoms with Gasteiger partial charge in [-0.3, -0.25) is 5.84 Å². The lowest BCUT2D eigenvalue weighted by Gasteiger charge is -2.31. The van der Waals surface area contributed by atoms with Crippen molar-refractivity contribution in [2.75, 3.05) is 0 Å². The molecule has 0 aromatic carbocycles. The van der Waals surface area contributed by atoms with E-state index in [4.69, 9.17) is 5.84 Å². The first-order valence-electron chi connectivity index (χ1n) is 4.79. The van der Waals surface area contributed by atoms with Crippen LogP contribution in [-0.4, -0.2) is 0 Å². The molecule has 0 saturated heterocycles. The van der Waals surface area contributed by atoms with Crippen molar-refractivity contribution in [1.82, 2.24) is 5.43 Å². The first-order chi connectivity index (χ1) is 5.60. The van der Waals surface area contributed by atoms with Gasteiger partial charge in [-0.1, -0.05) is 41.5 Å². The van der Waals surface area contributed by atoms with E-state index < -0.39 is 0 Å². The van der Waals surface area contributed by atoms with Crippen molar-refractivity contribution in [3.63, 3.8) is 0 Å². The zero-order chi connectivity index (χ0) is 10.9. The maximum atomic E-state index is 5.55. The van der Waals surface area contributed by atoms with Gasteiger partial charge >= 0.3 is 0 Å². The molecule has 0 amide bonds. The molecule has 0 bridgehead atoms. The van der Waals surface area contributed by atoms with E-state index in [0.29, 0.717) is 0 Å². The summed E-state index contributed by atoms with van der Waals surface area (Å²) >= 11 is 0. The highest BCUT2D eigenvalue weighted by atomic mass is 15.2. The number of nitrogens with two attached hydrogens (primary N) is 1. The molecule has 78 valence electrons. The second-order valence-electron chi connectivity index (χ2n) is 5.64. The van der Waals surface area contributed by atoms with Crippen molar-refractivity contribution in [3.8, 4) is 0 Å². The summed E-state index contributed by atoms with van der Waals surface area (Å²) in [5, 5.41) is 0. The van der Waals surface area contributed by atoms with Gasteiger partial charge < -0.3 is 5.43 Å². The molecule has 0 radical (unpaired) electrons. The highest BCUT2D eigenvalue weighted by Crippen LogP contribution is 2.33. The van der Waals surface area contributed by atoms with Gasteiger partial charge in [0.1, 0.15) is 0 Å². The molecule has 13 heavy (non-hydrogen) atoms. The van der Waals surface area contributed by atoms with Crippen LogP contribution < -0.4 is 11.3 Å². The van der Waals surface area contributed by atoms with Crippen molar-refractivity contribution >= 4 is 0 Å². The van der Waals surface area contributed by atoms with Gasteiger partial charge in [0.2, 0.25) is 0 Å². The highest BCUT2D eigenvalue weighted by Gasteiger charge is 2.24. The number of nitrogens with one attached hydrogen (secondary N) is 1. The summed E-state index contributed by atoms with van der Waals surface area (Å²) in [6.45, 7) is 15.2. The number of rotatable bonds is 1. The summed E-state index contributed by atoms with van der Waals surface area (Å²) in [6.07, 6.45) is 0. The van der Waals surface area contributed by atoms with Gasteiger partial charge in [0.25, 0.3) is 0 Å². The first-order valence-corrected chi connectivity index (χ1v) is 4.79. The highest BCUT2D eigenvalue weighted by molar-refractivity contribution is 5.20. The topological polar surface area (TPSA) is 38.0 Å². The average Bonchev–Trinajstić information content (AvgIpc) is 1.83. The van der Waals surface area contributed by atoms with E-state index in [9.17, 15) is 0 Å². The summed E-state index contributed by atoms with van der Waals surface area (Å²) < 4.78 is 0. The Hall–Kier alpha value is -0.500. The molecule has 0 spiro atoms. The zero-order valence-corrected chi connectivity index (χ0v) is 10.1. The molecule has 0 fully saturated rings. The maximum Gasteiger partial charge on any atom is 0.0307 e. The Bertz CT molecular complexity index is 201. The van der Waals surface area contributed by atoms with E-state index in [0.717, 1.165) is 5.70 Å². The van der Waals surface area contributed by atoms with E-state index >= 15 is 0 Å². The minimum atomic E-state index is 0.0894. The monoisotopic (exact) mass is 184 g/mol. The van der Waals surface area contributed by atoms with Gasteiger partial charge in [-0.2, -0.15) is 0 Å². The Morgan fingerprint density at radius 1 is 0.923 bits per heavy atom. The van der Waals surface area contributed by atoms with E-state index in [2.05, 4.69) is 53.9 Å². The molecule has 0 saturated carbocycles. The van der Waals surface area contributed by atoms with Gasteiger partial charge in [-0.05, 0) is 17.9 Å². The van der Waals surface area contributed by atoms with Crippen LogP contribution in [0, 0.1) is 10.8 Å². The molecule has 0 heterocycles. The van der Waals surface area contributed by atoms with Crippen LogP contribution in [0.3, 0.4) is 0 Å². The third-order valence-corrected chi connectivity index (χ3v) is 2.39. The van der Waals surface area contributed by atoms with Crippen LogP contribution in [0.4, 0.5) is 0 Å². The molecule has 0 aromatic rings. The average molecular weight is 184 g/mol. The summed E-state index contributed by atoms with van der Waals surface area (Å²) in [6, 6.07) is 0. The minimum absolute atomic E-state index is 0.0894. The quantitative estimate of drug-likeness (QED) is 0.486. The third kappa shape index (κ3) is 3.39. The molecule has 0 aliphatic carbocycles. The Morgan fingerprint density at radius 3 is 1.38 bits per heavy atom. The first kappa shape index (κ1) is 12.5. The lowest BCUT2D eigenvalue weighted by molar-refractivity contribution is 0.416. The fourth-order valence-corrected chi connectivity index (χ4v) is 1.26. The summed E-state index contributed by atoms with van der Waals surface area (Å²) in [5.41, 5.74) is 5.55. The molecule has 0 unspecified atom stereocenters. The van der Waals surface area contributed by atoms with Crippen molar-refractivity contribution in [3.05, 3.63) is 11.3 Å². The Morgan fingerprint density at radius 2 is 1.31 bits per heavy atom. The van der Waals surface area contributed by atoms with Gasteiger partial charge in [0.15, 0.2) is 0 Å². The number of allylic oxidation sites excluding steroid dienone is 2. The van der Waals surface area contributed by atoms with Crippen LogP contribution >= 0.6 is 0 Å². The molecular weight excluding hydrogens is 160 g/mol. The third-order valence-electron chi connectivity index (χ3n) is 2.39. The largest absolute Gasteiger partial charge is 0.328 e. The predicted octanol–water partition coefficient (Wildman–Crippen LogP) is 2.82. The second-order valence-corrected chi connectivity index (χ2v) is 5.64. The Kier molecular flexibility index (Phi) is 3.56. The SMILES string of the molecule is C/C(=C(\NN)C(C)(C)C)C(C)(C)C. The second kappa shape index (κ2) is 3.70. The molecular formula is C11H24N2. The van der Waals surface area contributed by atoms with E-state index in [1.807, 2.05) is 0 Å². The van der Waals surface area contributed by atoms with Gasteiger partial charge in [-0.25, -0.2) is 0 Å². The van der Waals surface area contributed by atoms with Crippen molar-refractivity contribution in [2.45, 2.75) is 48.5 Å². The van der Waals surface area contributed by atoms with Gasteiger partial charge in [0, 0.05) is 11.1 Å². The van der Waals surface area contributed by atoms with Crippen LogP contribution in [-0.2, 0) is 0 Å². The molecule has 0 rings (SSSR count). The summed E-state index contributed by atoms with van der Waals surface area (Å²) in [7, 11) is 0. The van der Waals surface area contributed by atoms with Crippen LogP contribution in [0.2, 0.25) is 0 Å². The van der Waals surface area contributed by atoms with Crippen LogP contribution in [0.5, 0.6) is 0 Å². The number of hydrogen-bond acceptors (Lipinski definition) is 2. The fraction of sp³-hybridized carbons (Fsp3) is 0.818. The summed E-state index contributed by atoms with van der Waals surface area (Å²) in [5.74, 6) is 5.55. The van der Waals surface area contributed by atoms with E-state index in [1.165, 1.54) is 5.57 Å². The molecule has 2 nitrogen and oxygen atoms in total. The molecule has 0 aromatic heterocycles. The Labute approximate surface area is 82.6 Å². The molecule has 0 aliphatic rings. The van der Waals surface area contributed by atoms with Crippen LogP contribution in [0.25, 0.3) is 0 Å². The van der Waals surface area contributed by atoms with Crippen LogP contribution in [0.1, 0.15) is 48.5 Å². The number of hydrogen-bond donors (Lipinski definition) is 2. The summed E-state index contributed by atoms with van der Waals surface area (Å²) in [4.78, 5) is 0. The van der Waals surface area contributed by atoms with Crippen molar-refractivity contribution in [2.24, 2.45) is 16.7 Å². The molecule has 2 heteroatoms. The fourth-order valence-electron chi connectivity index (χ4n) is 1.26. The van der Waals surface area contributed by atoms with E-state index in [1.54, 1.807) is 0 Å². The normalized spacial score (nSPS) is 15.4. The number of hydrazine groups is 1. The van der Waals surface area contributed by atoms with Crippen LogP contribution in [0.15, 0.2) is 11.3 Å². The zero-order valence-electron chi connectivity index (χ0n) is 10.1.